The van der Waals surface area contributed by atoms with Gasteiger partial charge in [0.15, 0.2) is 0 Å². The van der Waals surface area contributed by atoms with Crippen molar-refractivity contribution in [2.45, 2.75) is 141 Å². The number of carboxylic acid groups (broad SMARTS) is 2. The zero-order valence-corrected chi connectivity index (χ0v) is 45.0. The Morgan fingerprint density at radius 1 is 0.697 bits per heavy atom. The summed E-state index contributed by atoms with van der Waals surface area (Å²) in [6, 6.07) is 11.6. The Morgan fingerprint density at radius 2 is 1.21 bits per heavy atom. The molecular weight excluding hydrogens is 1030 g/mol. The van der Waals surface area contributed by atoms with Gasteiger partial charge in [0.25, 0.3) is 0 Å². The second kappa shape index (κ2) is 35.7. The smallest absolute Gasteiger partial charge is 0.548 e. The normalized spacial score (nSPS) is 15.5. The summed E-state index contributed by atoms with van der Waals surface area (Å²) < 4.78 is 0. The molecule has 0 spiro atoms. The molecule has 24 heteroatoms. The number of rotatable bonds is 27. The van der Waals surface area contributed by atoms with E-state index in [4.69, 9.17) is 22.9 Å². The maximum absolute atomic E-state index is 13.6. The zero-order valence-electron chi connectivity index (χ0n) is 44.1. The van der Waals surface area contributed by atoms with Gasteiger partial charge in [-0.2, -0.15) is 0 Å². The number of carboxylic acids is 2. The Labute approximate surface area is 455 Å². The molecule has 1 fully saturated rings. The third-order valence-corrected chi connectivity index (χ3v) is 12.0. The minimum atomic E-state index is -1.30. The van der Waals surface area contributed by atoms with Gasteiger partial charge in [0.05, 0.1) is 49.0 Å². The number of carbonyl (C=O) groups excluding carboxylic acids is 9. The molecule has 4 rings (SSSR count). The quantitative estimate of drug-likeness (QED) is 0.0209. The molecule has 76 heavy (non-hydrogen) atoms. The average molecular weight is 1110 g/mol. The summed E-state index contributed by atoms with van der Waals surface area (Å²) in [6.07, 6.45) is 8.26. The van der Waals surface area contributed by atoms with E-state index in [2.05, 4.69) is 36.6 Å². The van der Waals surface area contributed by atoms with Crippen LogP contribution in [0.5, 0.6) is 0 Å². The number of hydrogen-bond donors (Lipinski definition) is 10. The van der Waals surface area contributed by atoms with Crippen LogP contribution in [-0.4, -0.2) is 137 Å². The van der Waals surface area contributed by atoms with E-state index in [0.717, 1.165) is 11.1 Å². The van der Waals surface area contributed by atoms with E-state index in [1.807, 2.05) is 66.9 Å². The van der Waals surface area contributed by atoms with Gasteiger partial charge in [-0.05, 0) is 74.5 Å². The molecule has 0 aliphatic carbocycles. The van der Waals surface area contributed by atoms with Gasteiger partial charge in [0.2, 0.25) is 35.4 Å². The molecule has 1 saturated heterocycles. The number of carbonyl (C=O) groups is 8. The van der Waals surface area contributed by atoms with Gasteiger partial charge in [-0.3, -0.25) is 28.8 Å². The summed E-state index contributed by atoms with van der Waals surface area (Å²) in [7, 11) is 0. The van der Waals surface area contributed by atoms with Crippen LogP contribution in [0.15, 0.2) is 73.2 Å². The molecule has 3 aromatic rings. The fourth-order valence-corrected chi connectivity index (χ4v) is 7.62. The second-order valence-electron chi connectivity index (χ2n) is 19.2. The van der Waals surface area contributed by atoms with Crippen molar-refractivity contribution in [3.05, 3.63) is 90.0 Å². The molecule has 23 nitrogen and oxygen atoms in total. The number of aromatic nitrogens is 2. The molecule has 2 aromatic carbocycles. The van der Waals surface area contributed by atoms with Gasteiger partial charge in [0.1, 0.15) is 18.1 Å². The van der Waals surface area contributed by atoms with Crippen molar-refractivity contribution >= 4 is 53.7 Å². The molecule has 1 aromatic heterocycles. The summed E-state index contributed by atoms with van der Waals surface area (Å²) in [4.78, 5) is 117. The van der Waals surface area contributed by atoms with Crippen LogP contribution in [0.3, 0.4) is 0 Å². The van der Waals surface area contributed by atoms with E-state index in [1.165, 1.54) is 17.4 Å². The summed E-state index contributed by atoms with van der Waals surface area (Å²) in [5.41, 5.74) is 25.1. The summed E-state index contributed by atoms with van der Waals surface area (Å²) >= 11 is 0. The van der Waals surface area contributed by atoms with Crippen molar-refractivity contribution in [2.24, 2.45) is 40.7 Å². The molecule has 8 atom stereocenters. The van der Waals surface area contributed by atoms with Gasteiger partial charge in [0, 0.05) is 24.9 Å². The van der Waals surface area contributed by atoms with Gasteiger partial charge >= 0.3 is 17.1 Å². The molecule has 1 aliphatic rings. The molecule has 0 saturated carbocycles. The van der Waals surface area contributed by atoms with Gasteiger partial charge in [-0.25, -0.2) is 11.3 Å². The molecule has 0 bridgehead atoms. The summed E-state index contributed by atoms with van der Waals surface area (Å²) in [5.74, 6) is -6.10. The Bertz CT molecular complexity index is 2170. The zero-order chi connectivity index (χ0) is 56.2. The Morgan fingerprint density at radius 3 is 1.62 bits per heavy atom. The predicted octanol–water partition coefficient (Wildman–Crippen LogP) is -2.86. The SMILES string of the molecule is CC(C)[C@@H]([C-]=O)NC(=O)[C@@H]1CCCN1C(=O)[C@H](CCCCN)NC(=O)[C@H](Cc1cnc[nH]1)NC(=O)CN.CC(C)[C@H](NC(=O)[C@@H](N)Cc1ccccc1)C(=O)[O-].CC(C)[C@H](NC(=O)[C@@H](N)Cc1ccccc1)C(=O)[O-].[Cu+2]. The van der Waals surface area contributed by atoms with E-state index >= 15 is 0 Å². The van der Waals surface area contributed by atoms with Crippen LogP contribution < -0.4 is 59.7 Å². The molecule has 6 amide bonds. The van der Waals surface area contributed by atoms with E-state index in [0.29, 0.717) is 63.7 Å². The fourth-order valence-electron chi connectivity index (χ4n) is 7.62. The van der Waals surface area contributed by atoms with Crippen molar-refractivity contribution in [3.63, 3.8) is 0 Å². The van der Waals surface area contributed by atoms with E-state index in [1.54, 1.807) is 41.5 Å². The molecule has 1 radical (unpaired) electrons. The standard InChI is InChI=1S/C24H39N8O5.2C14H20N2O3.Cu/c1-15(2)19(13-33)31-23(36)20-7-5-9-32(20)24(37)17(6-3-4-8-25)30-22(35)18(29-21(34)11-26)10-16-12-27-14-28-16;2*1-9(2)12(14(18)19)16-13(17)11(15)8-10-6-4-3-5-7-10;/h12,14-15,17-20H,3-11,25-26H2,1-2H3,(H,27,28)(H,29,34)(H,30,35)(H,31,36);2*3-7,9,11-12H,8,15H2,1-2H3,(H,16,17)(H,18,19);/q-1;;;+2/p-2/t17-,18-,19+,20-;2*11-,12-;/m000./s1. The van der Waals surface area contributed by atoms with Crippen LogP contribution in [0.4, 0.5) is 0 Å². The molecule has 14 N–H and O–H groups in total. The van der Waals surface area contributed by atoms with Crippen LogP contribution in [-0.2, 0) is 79.5 Å². The van der Waals surface area contributed by atoms with Crippen molar-refractivity contribution in [1.82, 2.24) is 41.5 Å². The number of amides is 6. The van der Waals surface area contributed by atoms with Gasteiger partial charge in [-0.1, -0.05) is 114 Å². The van der Waals surface area contributed by atoms with Crippen LogP contribution in [0.25, 0.3) is 0 Å². The first kappa shape index (κ1) is 67.5. The minimum absolute atomic E-state index is 0. The van der Waals surface area contributed by atoms with Crippen molar-refractivity contribution in [3.8, 4) is 0 Å². The minimum Gasteiger partial charge on any atom is -0.548 e. The van der Waals surface area contributed by atoms with Crippen LogP contribution >= 0.6 is 0 Å². The fraction of sp³-hybridized carbons (Fsp3) is 0.538. The summed E-state index contributed by atoms with van der Waals surface area (Å²) in [6.45, 7) is 10.8. The van der Waals surface area contributed by atoms with Crippen molar-refractivity contribution < 1.29 is 70.4 Å². The number of nitrogens with one attached hydrogen (secondary N) is 6. The topological polar surface area (TPSA) is 396 Å². The second-order valence-corrected chi connectivity index (χ2v) is 19.2. The molecular formula is C52H77CuN12O11-. The number of aromatic amines is 1. The summed E-state index contributed by atoms with van der Waals surface area (Å²) in [5, 5.41) is 34.6. The number of unbranched alkanes of at least 4 members (excludes halogenated alkanes) is 1. The van der Waals surface area contributed by atoms with Crippen molar-refractivity contribution in [2.75, 3.05) is 19.6 Å². The van der Waals surface area contributed by atoms with Gasteiger partial charge in [-0.15, -0.1) is 0 Å². The first-order valence-corrected chi connectivity index (χ1v) is 25.1. The molecule has 1 aliphatic heterocycles. The van der Waals surface area contributed by atoms with E-state index < -0.39 is 95.7 Å². The van der Waals surface area contributed by atoms with E-state index in [9.17, 15) is 53.4 Å². The maximum Gasteiger partial charge on any atom is 2.00 e. The Kier molecular flexibility index (Phi) is 31.6. The Hall–Kier alpha value is -6.56. The number of benzene rings is 2. The maximum atomic E-state index is 13.6. The number of likely N-dealkylation sites (tertiary alicyclic amines) is 1. The number of nitrogens with zero attached hydrogens (tertiary/aromatic N) is 2. The Balaban J connectivity index is 0.000000624. The number of H-pyrrole nitrogens is 1. The third kappa shape index (κ3) is 24.0. The van der Waals surface area contributed by atoms with Crippen LogP contribution in [0.1, 0.15) is 90.5 Å². The first-order valence-electron chi connectivity index (χ1n) is 25.1. The predicted molar refractivity (Wildman–Crippen MR) is 275 cm³/mol. The van der Waals surface area contributed by atoms with Gasteiger partial charge < -0.3 is 84.0 Å². The number of aliphatic carboxylic acids is 2. The molecule has 0 unspecified atom stereocenters. The van der Waals surface area contributed by atoms with Crippen LogP contribution in [0.2, 0.25) is 0 Å². The van der Waals surface area contributed by atoms with Crippen molar-refractivity contribution in [1.29, 1.82) is 0 Å². The number of hydrogen-bond acceptors (Lipinski definition) is 16. The monoisotopic (exact) mass is 1110 g/mol. The molecule has 423 valence electrons. The largest absolute Gasteiger partial charge is 2.00 e. The molecule has 2 heterocycles. The van der Waals surface area contributed by atoms with Crippen LogP contribution in [0, 0.1) is 17.8 Å². The average Bonchev–Trinajstić information content (AvgIpc) is 4.09. The number of imidazole rings is 1. The number of nitrogens with two attached hydrogens (primary N) is 4. The third-order valence-electron chi connectivity index (χ3n) is 12.0. The first-order chi connectivity index (χ1) is 35.5. The van der Waals surface area contributed by atoms with E-state index in [-0.39, 0.29) is 47.8 Å².